The summed E-state index contributed by atoms with van der Waals surface area (Å²) >= 11 is 0. The molecule has 0 saturated heterocycles. The van der Waals surface area contributed by atoms with E-state index in [0.717, 1.165) is 17.5 Å². The van der Waals surface area contributed by atoms with Gasteiger partial charge in [-0.3, -0.25) is 4.99 Å². The van der Waals surface area contributed by atoms with Gasteiger partial charge in [0.05, 0.1) is 0 Å². The van der Waals surface area contributed by atoms with Gasteiger partial charge in [0.15, 0.2) is 5.96 Å². The van der Waals surface area contributed by atoms with Crippen molar-refractivity contribution in [1.29, 1.82) is 0 Å². The number of alkyl halides is 2. The van der Waals surface area contributed by atoms with Gasteiger partial charge in [0.25, 0.3) is 6.43 Å². The molecular formula is C19H22F3N3O. The van der Waals surface area contributed by atoms with E-state index in [0.29, 0.717) is 24.8 Å². The van der Waals surface area contributed by atoms with Crippen molar-refractivity contribution in [3.05, 3.63) is 65.5 Å². The molecular weight excluding hydrogens is 343 g/mol. The lowest BCUT2D eigenvalue weighted by atomic mass is 10.1. The summed E-state index contributed by atoms with van der Waals surface area (Å²) in [6, 6.07) is 13.3. The normalized spacial score (nSPS) is 11.5. The first-order chi connectivity index (χ1) is 12.6. The molecule has 0 atom stereocenters. The molecule has 0 fully saturated rings. The van der Waals surface area contributed by atoms with Gasteiger partial charge in [-0.25, -0.2) is 13.2 Å². The summed E-state index contributed by atoms with van der Waals surface area (Å²) in [5, 5.41) is 6.32. The zero-order valence-electron chi connectivity index (χ0n) is 14.5. The SMILES string of the molecule is CN=C(NCCc1ccc(F)cc1)NCc1cccc(OCC(F)F)c1. The molecule has 140 valence electrons. The summed E-state index contributed by atoms with van der Waals surface area (Å²) < 4.78 is 42.3. The predicted octanol–water partition coefficient (Wildman–Crippen LogP) is 3.38. The van der Waals surface area contributed by atoms with Crippen molar-refractivity contribution in [1.82, 2.24) is 10.6 Å². The van der Waals surface area contributed by atoms with Crippen LogP contribution >= 0.6 is 0 Å². The third-order valence-electron chi connectivity index (χ3n) is 3.58. The van der Waals surface area contributed by atoms with Crippen molar-refractivity contribution >= 4 is 5.96 Å². The summed E-state index contributed by atoms with van der Waals surface area (Å²) in [7, 11) is 1.66. The number of hydrogen-bond acceptors (Lipinski definition) is 2. The minimum atomic E-state index is -2.50. The molecule has 0 aliphatic carbocycles. The number of aliphatic imine (C=N–C) groups is 1. The second kappa shape index (κ2) is 10.3. The number of nitrogens with zero attached hydrogens (tertiary/aromatic N) is 1. The standard InChI is InChI=1S/C19H22F3N3O/c1-23-19(24-10-9-14-5-7-16(20)8-6-14)25-12-15-3-2-4-17(11-15)26-13-18(21)22/h2-8,11,18H,9-10,12-13H2,1H3,(H2,23,24,25). The Hall–Kier alpha value is -2.70. The number of benzene rings is 2. The van der Waals surface area contributed by atoms with Crippen LogP contribution in [0.5, 0.6) is 5.75 Å². The average Bonchev–Trinajstić information content (AvgIpc) is 2.64. The van der Waals surface area contributed by atoms with Crippen LogP contribution < -0.4 is 15.4 Å². The molecule has 0 unspecified atom stereocenters. The van der Waals surface area contributed by atoms with Crippen LogP contribution in [0.4, 0.5) is 13.2 Å². The topological polar surface area (TPSA) is 45.7 Å². The molecule has 2 aromatic rings. The summed E-state index contributed by atoms with van der Waals surface area (Å²) in [5.41, 5.74) is 1.91. The molecule has 26 heavy (non-hydrogen) atoms. The fourth-order valence-corrected chi connectivity index (χ4v) is 2.29. The molecule has 4 nitrogen and oxygen atoms in total. The molecule has 2 aromatic carbocycles. The Labute approximate surface area is 151 Å². The highest BCUT2D eigenvalue weighted by Gasteiger charge is 2.05. The molecule has 2 N–H and O–H groups in total. The minimum absolute atomic E-state index is 0.251. The van der Waals surface area contributed by atoms with Crippen molar-refractivity contribution in [2.45, 2.75) is 19.4 Å². The zero-order chi connectivity index (χ0) is 18.8. The first-order valence-corrected chi connectivity index (χ1v) is 8.25. The molecule has 0 heterocycles. The Morgan fingerprint density at radius 1 is 1.08 bits per heavy atom. The van der Waals surface area contributed by atoms with Gasteiger partial charge in [-0.1, -0.05) is 24.3 Å². The van der Waals surface area contributed by atoms with E-state index in [2.05, 4.69) is 15.6 Å². The fraction of sp³-hybridized carbons (Fsp3) is 0.316. The van der Waals surface area contributed by atoms with Crippen LogP contribution in [0.3, 0.4) is 0 Å². The number of hydrogen-bond donors (Lipinski definition) is 2. The molecule has 0 spiro atoms. The van der Waals surface area contributed by atoms with E-state index in [1.165, 1.54) is 12.1 Å². The molecule has 0 amide bonds. The molecule has 0 aliphatic rings. The summed E-state index contributed by atoms with van der Waals surface area (Å²) in [5.74, 6) is 0.772. The van der Waals surface area contributed by atoms with Gasteiger partial charge in [0, 0.05) is 20.1 Å². The Morgan fingerprint density at radius 2 is 1.85 bits per heavy atom. The van der Waals surface area contributed by atoms with Gasteiger partial charge < -0.3 is 15.4 Å². The van der Waals surface area contributed by atoms with Crippen LogP contribution in [-0.2, 0) is 13.0 Å². The Kier molecular flexibility index (Phi) is 7.79. The summed E-state index contributed by atoms with van der Waals surface area (Å²) in [6.45, 7) is 0.494. The number of rotatable bonds is 8. The van der Waals surface area contributed by atoms with E-state index < -0.39 is 13.0 Å². The molecule has 0 bridgehead atoms. The van der Waals surface area contributed by atoms with Gasteiger partial charge in [-0.05, 0) is 41.8 Å². The van der Waals surface area contributed by atoms with Crippen LogP contribution in [-0.4, -0.2) is 32.6 Å². The predicted molar refractivity (Wildman–Crippen MR) is 96.2 cm³/mol. The van der Waals surface area contributed by atoms with Crippen LogP contribution in [0.15, 0.2) is 53.5 Å². The van der Waals surface area contributed by atoms with E-state index in [9.17, 15) is 13.2 Å². The zero-order valence-corrected chi connectivity index (χ0v) is 14.5. The van der Waals surface area contributed by atoms with Crippen LogP contribution in [0.2, 0.25) is 0 Å². The minimum Gasteiger partial charge on any atom is -0.488 e. The molecule has 0 radical (unpaired) electrons. The Bertz CT molecular complexity index is 705. The maximum Gasteiger partial charge on any atom is 0.272 e. The van der Waals surface area contributed by atoms with Gasteiger partial charge in [0.2, 0.25) is 0 Å². The van der Waals surface area contributed by atoms with Crippen LogP contribution in [0.25, 0.3) is 0 Å². The van der Waals surface area contributed by atoms with E-state index in [1.54, 1.807) is 37.4 Å². The molecule has 2 rings (SSSR count). The highest BCUT2D eigenvalue weighted by molar-refractivity contribution is 5.79. The van der Waals surface area contributed by atoms with E-state index >= 15 is 0 Å². The average molecular weight is 365 g/mol. The van der Waals surface area contributed by atoms with Crippen molar-refractivity contribution in [3.8, 4) is 5.75 Å². The van der Waals surface area contributed by atoms with Crippen LogP contribution in [0, 0.1) is 5.82 Å². The van der Waals surface area contributed by atoms with E-state index in [-0.39, 0.29) is 5.82 Å². The Morgan fingerprint density at radius 3 is 2.54 bits per heavy atom. The smallest absolute Gasteiger partial charge is 0.272 e. The number of halogens is 3. The van der Waals surface area contributed by atoms with Gasteiger partial charge in [-0.2, -0.15) is 0 Å². The summed E-state index contributed by atoms with van der Waals surface area (Å²) in [4.78, 5) is 4.13. The van der Waals surface area contributed by atoms with E-state index in [4.69, 9.17) is 4.74 Å². The first kappa shape index (κ1) is 19.6. The van der Waals surface area contributed by atoms with E-state index in [1.807, 2.05) is 6.07 Å². The summed E-state index contributed by atoms with van der Waals surface area (Å²) in [6.07, 6.45) is -1.77. The second-order valence-electron chi connectivity index (χ2n) is 5.58. The number of ether oxygens (including phenoxy) is 1. The monoisotopic (exact) mass is 365 g/mol. The highest BCUT2D eigenvalue weighted by Crippen LogP contribution is 2.14. The third-order valence-corrected chi connectivity index (χ3v) is 3.58. The van der Waals surface area contributed by atoms with Gasteiger partial charge >= 0.3 is 0 Å². The lowest BCUT2D eigenvalue weighted by Gasteiger charge is -2.13. The lowest BCUT2D eigenvalue weighted by molar-refractivity contribution is 0.0818. The van der Waals surface area contributed by atoms with Crippen molar-refractivity contribution < 1.29 is 17.9 Å². The molecule has 0 aromatic heterocycles. The fourth-order valence-electron chi connectivity index (χ4n) is 2.29. The first-order valence-electron chi connectivity index (χ1n) is 8.25. The third kappa shape index (κ3) is 7.04. The lowest BCUT2D eigenvalue weighted by Crippen LogP contribution is -2.37. The quantitative estimate of drug-likeness (QED) is 0.557. The van der Waals surface area contributed by atoms with Gasteiger partial charge in [-0.15, -0.1) is 0 Å². The highest BCUT2D eigenvalue weighted by atomic mass is 19.3. The number of guanidine groups is 1. The van der Waals surface area contributed by atoms with Crippen LogP contribution in [0.1, 0.15) is 11.1 Å². The number of nitrogens with one attached hydrogen (secondary N) is 2. The van der Waals surface area contributed by atoms with Gasteiger partial charge in [0.1, 0.15) is 18.2 Å². The second-order valence-corrected chi connectivity index (χ2v) is 5.58. The van der Waals surface area contributed by atoms with Crippen molar-refractivity contribution in [2.24, 2.45) is 4.99 Å². The maximum atomic E-state index is 12.9. The van der Waals surface area contributed by atoms with Crippen molar-refractivity contribution in [2.75, 3.05) is 20.2 Å². The molecule has 0 aliphatic heterocycles. The molecule has 0 saturated carbocycles. The van der Waals surface area contributed by atoms with Crippen molar-refractivity contribution in [3.63, 3.8) is 0 Å². The largest absolute Gasteiger partial charge is 0.488 e. The Balaban J connectivity index is 1.77. The molecule has 7 heteroatoms. The maximum absolute atomic E-state index is 12.9.